The quantitative estimate of drug-likeness (QED) is 0.137. The molecule has 2 atom stereocenters. The number of nitrogens with zero attached hydrogens (tertiary/aromatic N) is 3. The van der Waals surface area contributed by atoms with E-state index in [0.29, 0.717) is 0 Å². The maximum Gasteiger partial charge on any atom is 0.352 e. The van der Waals surface area contributed by atoms with Crippen molar-refractivity contribution >= 4 is 63.7 Å². The van der Waals surface area contributed by atoms with Crippen LogP contribution in [-0.2, 0) is 33.5 Å². The number of rotatable bonds is 9. The Morgan fingerprint density at radius 2 is 2.09 bits per heavy atom. The van der Waals surface area contributed by atoms with Gasteiger partial charge in [-0.3, -0.25) is 19.3 Å². The summed E-state index contributed by atoms with van der Waals surface area (Å²) >= 11 is 2.18. The monoisotopic (exact) mass is 499 g/mol. The number of anilines is 1. The number of aromatic nitrogens is 1. The van der Waals surface area contributed by atoms with E-state index < -0.39 is 53.5 Å². The number of fused-ring (bicyclic) bond motifs is 1. The fourth-order valence-corrected chi connectivity index (χ4v) is 4.82. The third kappa shape index (κ3) is 5.23. The van der Waals surface area contributed by atoms with Crippen molar-refractivity contribution in [3.63, 3.8) is 0 Å². The van der Waals surface area contributed by atoms with Crippen molar-refractivity contribution in [2.75, 3.05) is 24.7 Å². The van der Waals surface area contributed by atoms with Crippen LogP contribution >= 0.6 is 23.1 Å². The first kappa shape index (κ1) is 24.0. The number of carbonyl (C=O) groups excluding carboxylic acids is 3. The summed E-state index contributed by atoms with van der Waals surface area (Å²) < 4.78 is 4.86. The number of thiazole rings is 1. The summed E-state index contributed by atoms with van der Waals surface area (Å²) in [5.74, 6) is -4.72. The minimum atomic E-state index is -1.37. The minimum Gasteiger partial charge on any atom is -0.479 e. The van der Waals surface area contributed by atoms with Crippen molar-refractivity contribution in [3.05, 3.63) is 22.3 Å². The van der Waals surface area contributed by atoms with E-state index in [1.54, 1.807) is 0 Å². The molecule has 5 N–H and O–H groups in total. The largest absolute Gasteiger partial charge is 0.479 e. The highest BCUT2D eigenvalue weighted by atomic mass is 32.2. The van der Waals surface area contributed by atoms with Crippen LogP contribution < -0.4 is 11.1 Å². The highest BCUT2D eigenvalue weighted by Crippen LogP contribution is 2.40. The van der Waals surface area contributed by atoms with E-state index in [0.717, 1.165) is 16.2 Å². The molecule has 3 rings (SSSR count). The predicted octanol–water partition coefficient (Wildman–Crippen LogP) is -1.17. The van der Waals surface area contributed by atoms with Crippen LogP contribution in [0.25, 0.3) is 0 Å². The Kier molecular flexibility index (Phi) is 7.17. The van der Waals surface area contributed by atoms with Crippen molar-refractivity contribution in [2.24, 2.45) is 5.16 Å². The summed E-state index contributed by atoms with van der Waals surface area (Å²) in [5.41, 5.74) is 5.12. The lowest BCUT2D eigenvalue weighted by atomic mass is 10.0. The van der Waals surface area contributed by atoms with Crippen LogP contribution in [-0.4, -0.2) is 85.9 Å². The van der Waals surface area contributed by atoms with Crippen LogP contribution in [0, 0.1) is 0 Å². The molecule has 1 fully saturated rings. The number of nitrogen functional groups attached to an aromatic ring is 1. The molecule has 176 valence electrons. The second-order valence-electron chi connectivity index (χ2n) is 6.58. The number of nitrogens with two attached hydrogens (primary N) is 1. The summed E-state index contributed by atoms with van der Waals surface area (Å²) in [7, 11) is 0. The minimum absolute atomic E-state index is 0.00935. The lowest BCUT2D eigenvalue weighted by Gasteiger charge is -2.49. The highest BCUT2D eigenvalue weighted by Gasteiger charge is 2.54. The number of carbonyl (C=O) groups is 5. The van der Waals surface area contributed by atoms with Crippen molar-refractivity contribution in [3.8, 4) is 0 Å². The van der Waals surface area contributed by atoms with Crippen LogP contribution in [0.5, 0.6) is 0 Å². The van der Waals surface area contributed by atoms with Gasteiger partial charge in [-0.2, -0.15) is 0 Å². The number of hydrogen-bond acceptors (Lipinski definition) is 12. The van der Waals surface area contributed by atoms with E-state index in [4.69, 9.17) is 15.6 Å². The Balaban J connectivity index is 1.78. The predicted molar refractivity (Wildman–Crippen MR) is 113 cm³/mol. The van der Waals surface area contributed by atoms with Gasteiger partial charge in [-0.1, -0.05) is 5.16 Å². The number of amides is 2. The first-order valence-corrected chi connectivity index (χ1v) is 11.0. The van der Waals surface area contributed by atoms with E-state index >= 15 is 0 Å². The molecule has 0 spiro atoms. The van der Waals surface area contributed by atoms with E-state index in [9.17, 15) is 29.1 Å². The topological polar surface area (TPSA) is 211 Å². The summed E-state index contributed by atoms with van der Waals surface area (Å²) in [6.07, 6.45) is 0. The Hall–Kier alpha value is -3.66. The molecule has 2 aliphatic heterocycles. The molecule has 0 radical (unpaired) electrons. The fourth-order valence-electron chi connectivity index (χ4n) is 2.95. The first-order chi connectivity index (χ1) is 15.6. The third-order valence-electron chi connectivity index (χ3n) is 4.31. The molecule has 0 saturated carbocycles. The van der Waals surface area contributed by atoms with E-state index in [2.05, 4.69) is 20.3 Å². The lowest BCUT2D eigenvalue weighted by molar-refractivity contribution is -0.150. The normalized spacial score (nSPS) is 20.0. The number of hydrogen-bond donors (Lipinski definition) is 4. The number of thioether (sulfide) groups is 1. The van der Waals surface area contributed by atoms with E-state index in [-0.39, 0.29) is 34.5 Å². The second kappa shape index (κ2) is 9.86. The molecule has 33 heavy (non-hydrogen) atoms. The van der Waals surface area contributed by atoms with Gasteiger partial charge >= 0.3 is 17.9 Å². The average Bonchev–Trinajstić information content (AvgIpc) is 3.17. The van der Waals surface area contributed by atoms with E-state index in [1.165, 1.54) is 24.1 Å². The number of carboxylic acid groups (broad SMARTS) is 2. The zero-order valence-electron chi connectivity index (χ0n) is 16.8. The van der Waals surface area contributed by atoms with Gasteiger partial charge in [-0.05, 0) is 0 Å². The number of esters is 1. The number of oxime groups is 1. The number of nitrogens with one attached hydrogen (secondary N) is 1. The number of carboxylic acids is 2. The van der Waals surface area contributed by atoms with Gasteiger partial charge in [0.15, 0.2) is 10.8 Å². The van der Waals surface area contributed by atoms with Gasteiger partial charge < -0.3 is 30.8 Å². The molecule has 0 bridgehead atoms. The van der Waals surface area contributed by atoms with Gasteiger partial charge in [-0.25, -0.2) is 14.6 Å². The maximum absolute atomic E-state index is 12.8. The van der Waals surface area contributed by atoms with Crippen molar-refractivity contribution < 1.29 is 43.8 Å². The standard InChI is InChI=1S/C17H17N5O9S2/c1-6(23)30-2-7-4-32-15-11(14(27)22(15)12(7)16(28)29)20-13(26)10(21-31-3-9(24)25)8-5-33-17(18)19-8/h5,11,15H,2-4H2,1H3,(H2,18,19)(H,20,26)(H,24,25)(H,28,29)/b21-10-/t11-,15?/m1/s1. The molecule has 14 nitrogen and oxygen atoms in total. The average molecular weight is 499 g/mol. The van der Waals surface area contributed by atoms with Gasteiger partial charge in [0.2, 0.25) is 6.61 Å². The third-order valence-corrected chi connectivity index (χ3v) is 6.32. The lowest BCUT2D eigenvalue weighted by Crippen LogP contribution is -2.71. The molecule has 2 aliphatic rings. The summed E-state index contributed by atoms with van der Waals surface area (Å²) in [6.45, 7) is 0.0821. The van der Waals surface area contributed by atoms with Crippen LogP contribution in [0.1, 0.15) is 12.6 Å². The Morgan fingerprint density at radius 1 is 1.36 bits per heavy atom. The smallest absolute Gasteiger partial charge is 0.352 e. The first-order valence-electron chi connectivity index (χ1n) is 9.07. The summed E-state index contributed by atoms with van der Waals surface area (Å²) in [5, 5.41) is 25.0. The fraction of sp³-hybridized carbons (Fsp3) is 0.353. The second-order valence-corrected chi connectivity index (χ2v) is 8.57. The van der Waals surface area contributed by atoms with Crippen LogP contribution in [0.2, 0.25) is 0 Å². The molecule has 16 heteroatoms. The molecule has 1 aromatic rings. The molecule has 1 unspecified atom stereocenters. The Morgan fingerprint density at radius 3 is 2.67 bits per heavy atom. The zero-order valence-corrected chi connectivity index (χ0v) is 18.5. The zero-order chi connectivity index (χ0) is 24.3. The molecule has 2 amide bonds. The Labute approximate surface area is 193 Å². The molecule has 1 aromatic heterocycles. The van der Waals surface area contributed by atoms with Gasteiger partial charge in [0.05, 0.1) is 0 Å². The number of aliphatic carboxylic acids is 2. The molecule has 3 heterocycles. The van der Waals surface area contributed by atoms with Crippen molar-refractivity contribution in [1.82, 2.24) is 15.2 Å². The van der Waals surface area contributed by atoms with Gasteiger partial charge in [0.25, 0.3) is 11.8 Å². The Bertz CT molecular complexity index is 1080. The molecule has 0 aromatic carbocycles. The molecular weight excluding hydrogens is 482 g/mol. The summed E-state index contributed by atoms with van der Waals surface area (Å²) in [4.78, 5) is 68.5. The van der Waals surface area contributed by atoms with Crippen LogP contribution in [0.15, 0.2) is 21.8 Å². The maximum atomic E-state index is 12.8. The number of ether oxygens (including phenoxy) is 1. The molecule has 0 aliphatic carbocycles. The molecule has 1 saturated heterocycles. The molecular formula is C17H17N5O9S2. The van der Waals surface area contributed by atoms with E-state index in [1.807, 2.05) is 0 Å². The van der Waals surface area contributed by atoms with Gasteiger partial charge in [0, 0.05) is 23.6 Å². The van der Waals surface area contributed by atoms with Crippen molar-refractivity contribution in [2.45, 2.75) is 18.3 Å². The van der Waals surface area contributed by atoms with Crippen LogP contribution in [0.3, 0.4) is 0 Å². The summed E-state index contributed by atoms with van der Waals surface area (Å²) in [6, 6.07) is -1.09. The van der Waals surface area contributed by atoms with Crippen molar-refractivity contribution in [1.29, 1.82) is 0 Å². The van der Waals surface area contributed by atoms with Gasteiger partial charge in [0.1, 0.15) is 29.4 Å². The number of β-lactam (4-membered cyclic amide) rings is 1. The van der Waals surface area contributed by atoms with Gasteiger partial charge in [-0.15, -0.1) is 23.1 Å². The van der Waals surface area contributed by atoms with Crippen LogP contribution in [0.4, 0.5) is 5.13 Å². The highest BCUT2D eigenvalue weighted by molar-refractivity contribution is 8.00. The SMILES string of the molecule is CC(=O)OCC1=C(C(=O)O)N2C(=O)[C@@H](NC(=O)/C(=N\OCC(=O)O)c3csc(N)n3)C2SC1.